The van der Waals surface area contributed by atoms with Crippen LogP contribution in [0.3, 0.4) is 0 Å². The predicted octanol–water partition coefficient (Wildman–Crippen LogP) is 3.59. The van der Waals surface area contributed by atoms with Crippen molar-refractivity contribution < 1.29 is 13.3 Å². The lowest BCUT2D eigenvalue weighted by molar-refractivity contribution is -0.387. The molecule has 0 unspecified atom stereocenters. The summed E-state index contributed by atoms with van der Waals surface area (Å²) in [5, 5.41) is 15.8. The van der Waals surface area contributed by atoms with E-state index in [1.807, 2.05) is 37.3 Å². The van der Waals surface area contributed by atoms with E-state index >= 15 is 0 Å². The maximum atomic E-state index is 12.7. The number of nitrogens with one attached hydrogen (secondary N) is 1. The maximum Gasteiger partial charge on any atom is 0.290 e. The highest BCUT2D eigenvalue weighted by molar-refractivity contribution is 7.89. The van der Waals surface area contributed by atoms with E-state index in [-0.39, 0.29) is 11.6 Å². The molecule has 0 fully saturated rings. The Balaban J connectivity index is 1.84. The maximum absolute atomic E-state index is 12.7. The number of sulfonamides is 1. The minimum atomic E-state index is -4.12. The van der Waals surface area contributed by atoms with E-state index in [0.717, 1.165) is 29.0 Å². The third-order valence-corrected chi connectivity index (χ3v) is 6.24. The van der Waals surface area contributed by atoms with Crippen molar-refractivity contribution in [2.24, 2.45) is 0 Å². The molecule has 0 atom stereocenters. The van der Waals surface area contributed by atoms with E-state index in [1.165, 1.54) is 6.07 Å². The van der Waals surface area contributed by atoms with Crippen molar-refractivity contribution in [3.63, 3.8) is 0 Å². The van der Waals surface area contributed by atoms with Crippen LogP contribution in [0.25, 0.3) is 0 Å². The number of nitro groups is 1. The van der Waals surface area contributed by atoms with Crippen LogP contribution in [-0.4, -0.2) is 23.1 Å². The second-order valence-corrected chi connectivity index (χ2v) is 8.66. The van der Waals surface area contributed by atoms with Gasteiger partial charge >= 0.3 is 0 Å². The Bertz CT molecular complexity index is 1160. The molecular weight excluding hydrogens is 416 g/mol. The number of hydrogen-bond donors (Lipinski definition) is 1. The number of aromatic nitrogens is 2. The number of aryl methyl sites for hydroxylation is 1. The van der Waals surface area contributed by atoms with Crippen LogP contribution in [0, 0.1) is 24.0 Å². The molecule has 152 valence electrons. The van der Waals surface area contributed by atoms with Crippen molar-refractivity contribution in [2.75, 3.05) is 0 Å². The SMILES string of the molecule is Cc1nn(Cc2ccccc2)c(C)c1CNS(=O)(=O)c1ccc(Cl)cc1[N+](=O)[O-]. The summed E-state index contributed by atoms with van der Waals surface area (Å²) in [5.41, 5.74) is 2.73. The average molecular weight is 435 g/mol. The van der Waals surface area contributed by atoms with Crippen LogP contribution in [0.4, 0.5) is 5.69 Å². The van der Waals surface area contributed by atoms with Crippen molar-refractivity contribution >= 4 is 27.3 Å². The zero-order chi connectivity index (χ0) is 21.2. The van der Waals surface area contributed by atoms with Gasteiger partial charge in [-0.05, 0) is 31.5 Å². The Hall–Kier alpha value is -2.75. The molecule has 0 bridgehead atoms. The monoisotopic (exact) mass is 434 g/mol. The van der Waals surface area contributed by atoms with Gasteiger partial charge in [0.05, 0.1) is 17.2 Å². The molecule has 0 aliphatic rings. The fourth-order valence-corrected chi connectivity index (χ4v) is 4.32. The molecule has 29 heavy (non-hydrogen) atoms. The molecule has 3 rings (SSSR count). The van der Waals surface area contributed by atoms with Crippen molar-refractivity contribution in [3.05, 3.63) is 86.2 Å². The molecule has 0 aliphatic carbocycles. The Morgan fingerprint density at radius 2 is 1.86 bits per heavy atom. The van der Waals surface area contributed by atoms with E-state index < -0.39 is 25.5 Å². The molecule has 0 spiro atoms. The highest BCUT2D eigenvalue weighted by Gasteiger charge is 2.26. The van der Waals surface area contributed by atoms with Crippen molar-refractivity contribution in [3.8, 4) is 0 Å². The van der Waals surface area contributed by atoms with Crippen LogP contribution in [0.1, 0.15) is 22.5 Å². The highest BCUT2D eigenvalue weighted by Crippen LogP contribution is 2.27. The zero-order valence-electron chi connectivity index (χ0n) is 15.8. The van der Waals surface area contributed by atoms with Crippen LogP contribution < -0.4 is 4.72 Å². The Morgan fingerprint density at radius 1 is 1.17 bits per heavy atom. The van der Waals surface area contributed by atoms with Crippen LogP contribution in [0.2, 0.25) is 5.02 Å². The van der Waals surface area contributed by atoms with Gasteiger partial charge in [-0.15, -0.1) is 0 Å². The molecule has 2 aromatic carbocycles. The molecule has 10 heteroatoms. The third-order valence-electron chi connectivity index (χ3n) is 4.55. The third kappa shape index (κ3) is 4.64. The van der Waals surface area contributed by atoms with Crippen molar-refractivity contribution in [2.45, 2.75) is 31.8 Å². The molecule has 1 N–H and O–H groups in total. The highest BCUT2D eigenvalue weighted by atomic mass is 35.5. The second kappa shape index (κ2) is 8.32. The van der Waals surface area contributed by atoms with E-state index in [1.54, 1.807) is 11.6 Å². The van der Waals surface area contributed by atoms with Gasteiger partial charge in [-0.25, -0.2) is 13.1 Å². The van der Waals surface area contributed by atoms with Crippen LogP contribution in [0.15, 0.2) is 53.4 Å². The molecule has 1 aromatic heterocycles. The largest absolute Gasteiger partial charge is 0.290 e. The first kappa shape index (κ1) is 21.0. The minimum Gasteiger partial charge on any atom is -0.265 e. The summed E-state index contributed by atoms with van der Waals surface area (Å²) < 4.78 is 29.6. The van der Waals surface area contributed by atoms with Gasteiger partial charge < -0.3 is 0 Å². The summed E-state index contributed by atoms with van der Waals surface area (Å²) in [6.07, 6.45) is 0. The van der Waals surface area contributed by atoms with Gasteiger partial charge in [0.15, 0.2) is 4.90 Å². The summed E-state index contributed by atoms with van der Waals surface area (Å²) >= 11 is 5.76. The van der Waals surface area contributed by atoms with Crippen molar-refractivity contribution in [1.29, 1.82) is 0 Å². The van der Waals surface area contributed by atoms with E-state index in [9.17, 15) is 18.5 Å². The van der Waals surface area contributed by atoms with Crippen molar-refractivity contribution in [1.82, 2.24) is 14.5 Å². The molecule has 1 heterocycles. The van der Waals surface area contributed by atoms with Gasteiger partial charge in [-0.1, -0.05) is 41.9 Å². The van der Waals surface area contributed by atoms with Gasteiger partial charge in [0.1, 0.15) is 0 Å². The lowest BCUT2D eigenvalue weighted by Crippen LogP contribution is -2.24. The van der Waals surface area contributed by atoms with E-state index in [0.29, 0.717) is 12.2 Å². The van der Waals surface area contributed by atoms with Gasteiger partial charge in [-0.3, -0.25) is 14.8 Å². The summed E-state index contributed by atoms with van der Waals surface area (Å²) in [7, 11) is -4.12. The summed E-state index contributed by atoms with van der Waals surface area (Å²) in [6.45, 7) is 4.18. The van der Waals surface area contributed by atoms with E-state index in [4.69, 9.17) is 11.6 Å². The molecule has 3 aromatic rings. The second-order valence-electron chi connectivity index (χ2n) is 6.49. The van der Waals surface area contributed by atoms with Crippen LogP contribution in [-0.2, 0) is 23.1 Å². The fraction of sp³-hybridized carbons (Fsp3) is 0.211. The summed E-state index contributed by atoms with van der Waals surface area (Å²) in [5.74, 6) is 0. The van der Waals surface area contributed by atoms with Gasteiger partial charge in [0.25, 0.3) is 5.69 Å². The Labute approximate surface area is 173 Å². The quantitative estimate of drug-likeness (QED) is 0.451. The average Bonchev–Trinajstić information content (AvgIpc) is 2.93. The Morgan fingerprint density at radius 3 is 2.52 bits per heavy atom. The number of nitro benzene ring substituents is 1. The zero-order valence-corrected chi connectivity index (χ0v) is 17.4. The number of halogens is 1. The molecule has 0 radical (unpaired) electrons. The smallest absolute Gasteiger partial charge is 0.265 e. The molecule has 0 saturated carbocycles. The summed E-state index contributed by atoms with van der Waals surface area (Å²) in [6, 6.07) is 13.2. The number of rotatable bonds is 7. The lowest BCUT2D eigenvalue weighted by atomic mass is 10.2. The van der Waals surface area contributed by atoms with E-state index in [2.05, 4.69) is 9.82 Å². The van der Waals surface area contributed by atoms with Gasteiger partial charge in [0.2, 0.25) is 10.0 Å². The lowest BCUT2D eigenvalue weighted by Gasteiger charge is -2.09. The normalized spacial score (nSPS) is 11.6. The van der Waals surface area contributed by atoms with Gasteiger partial charge in [-0.2, -0.15) is 5.10 Å². The first-order valence-electron chi connectivity index (χ1n) is 8.69. The summed E-state index contributed by atoms with van der Waals surface area (Å²) in [4.78, 5) is 10.0. The molecule has 0 aliphatic heterocycles. The first-order chi connectivity index (χ1) is 13.7. The topological polar surface area (TPSA) is 107 Å². The molecule has 0 amide bonds. The predicted molar refractivity (Wildman–Crippen MR) is 109 cm³/mol. The first-order valence-corrected chi connectivity index (χ1v) is 10.6. The molecule has 8 nitrogen and oxygen atoms in total. The number of nitrogens with zero attached hydrogens (tertiary/aromatic N) is 3. The van der Waals surface area contributed by atoms with Crippen LogP contribution >= 0.6 is 11.6 Å². The van der Waals surface area contributed by atoms with Gasteiger partial charge in [0, 0.05) is 28.9 Å². The fourth-order valence-electron chi connectivity index (χ4n) is 3.01. The Kier molecular flexibility index (Phi) is 6.02. The number of hydrogen-bond acceptors (Lipinski definition) is 5. The standard InChI is InChI=1S/C19H19ClN4O4S/c1-13-17(14(2)23(22-13)12-15-6-4-3-5-7-15)11-21-29(27,28)19-9-8-16(20)10-18(19)24(25)26/h3-10,21H,11-12H2,1-2H3. The number of benzene rings is 2. The minimum absolute atomic E-state index is 0.0332. The molecular formula is C19H19ClN4O4S. The van der Waals surface area contributed by atoms with Crippen LogP contribution in [0.5, 0.6) is 0 Å². The molecule has 0 saturated heterocycles.